The number of rotatable bonds is 4. The summed E-state index contributed by atoms with van der Waals surface area (Å²) in [6.45, 7) is 1.45. The SMILES string of the molecule is CC(=O)N[C@@H]1CCC[C@H](C(=O)Nc2cc3c(S(C)(=O)=O)nc(C#N)cc3cn2)C1. The van der Waals surface area contributed by atoms with Gasteiger partial charge in [-0.15, -0.1) is 0 Å². The molecule has 1 aliphatic carbocycles. The molecular formula is C19H21N5O4S. The number of hydrogen-bond acceptors (Lipinski definition) is 7. The van der Waals surface area contributed by atoms with Crippen LogP contribution in [0.4, 0.5) is 5.82 Å². The number of aromatic nitrogens is 2. The number of carbonyl (C=O) groups excluding carboxylic acids is 2. The Morgan fingerprint density at radius 3 is 2.69 bits per heavy atom. The second-order valence-electron chi connectivity index (χ2n) is 7.24. The zero-order valence-corrected chi connectivity index (χ0v) is 16.9. The van der Waals surface area contributed by atoms with Gasteiger partial charge in [-0.05, 0) is 31.4 Å². The summed E-state index contributed by atoms with van der Waals surface area (Å²) in [6.07, 6.45) is 5.33. The van der Waals surface area contributed by atoms with Gasteiger partial charge in [0.1, 0.15) is 17.6 Å². The van der Waals surface area contributed by atoms with Crippen LogP contribution in [-0.2, 0) is 19.4 Å². The van der Waals surface area contributed by atoms with Crippen LogP contribution in [0.5, 0.6) is 0 Å². The van der Waals surface area contributed by atoms with Crippen molar-refractivity contribution >= 4 is 38.2 Å². The topological polar surface area (TPSA) is 142 Å². The normalized spacial score (nSPS) is 19.3. The van der Waals surface area contributed by atoms with Crippen molar-refractivity contribution < 1.29 is 18.0 Å². The lowest BCUT2D eigenvalue weighted by Gasteiger charge is -2.28. The van der Waals surface area contributed by atoms with Gasteiger partial charge in [-0.3, -0.25) is 9.59 Å². The van der Waals surface area contributed by atoms with E-state index < -0.39 is 9.84 Å². The van der Waals surface area contributed by atoms with Gasteiger partial charge in [0, 0.05) is 42.1 Å². The molecule has 10 heteroatoms. The Labute approximate surface area is 168 Å². The highest BCUT2D eigenvalue weighted by molar-refractivity contribution is 7.90. The van der Waals surface area contributed by atoms with Crippen LogP contribution in [0.15, 0.2) is 23.4 Å². The molecule has 0 saturated heterocycles. The van der Waals surface area contributed by atoms with E-state index in [1.165, 1.54) is 25.3 Å². The summed E-state index contributed by atoms with van der Waals surface area (Å²) >= 11 is 0. The number of nitrogens with zero attached hydrogens (tertiary/aromatic N) is 3. The van der Waals surface area contributed by atoms with Crippen LogP contribution in [0.3, 0.4) is 0 Å². The summed E-state index contributed by atoms with van der Waals surface area (Å²) in [6, 6.07) is 4.70. The number of nitrogens with one attached hydrogen (secondary N) is 2. The van der Waals surface area contributed by atoms with Crippen molar-refractivity contribution in [2.45, 2.75) is 43.7 Å². The van der Waals surface area contributed by atoms with Crippen LogP contribution in [0, 0.1) is 17.2 Å². The summed E-state index contributed by atoms with van der Waals surface area (Å²) in [5.41, 5.74) is -0.0253. The fraction of sp³-hybridized carbons (Fsp3) is 0.421. The van der Waals surface area contributed by atoms with E-state index in [-0.39, 0.29) is 45.7 Å². The van der Waals surface area contributed by atoms with Crippen molar-refractivity contribution in [2.75, 3.05) is 11.6 Å². The van der Waals surface area contributed by atoms with Crippen molar-refractivity contribution in [3.05, 3.63) is 24.0 Å². The number of anilines is 1. The number of sulfone groups is 1. The third kappa shape index (κ3) is 4.86. The fourth-order valence-electron chi connectivity index (χ4n) is 3.60. The van der Waals surface area contributed by atoms with Gasteiger partial charge in [0.05, 0.1) is 0 Å². The smallest absolute Gasteiger partial charge is 0.228 e. The average molecular weight is 415 g/mol. The molecule has 1 saturated carbocycles. The monoisotopic (exact) mass is 415 g/mol. The summed E-state index contributed by atoms with van der Waals surface area (Å²) in [4.78, 5) is 32.0. The molecule has 0 spiro atoms. The third-order valence-corrected chi connectivity index (χ3v) is 5.86. The first-order valence-corrected chi connectivity index (χ1v) is 11.1. The minimum atomic E-state index is -3.69. The maximum absolute atomic E-state index is 12.7. The summed E-state index contributed by atoms with van der Waals surface area (Å²) in [5, 5.41) is 15.2. The largest absolute Gasteiger partial charge is 0.354 e. The molecule has 0 aromatic carbocycles. The predicted molar refractivity (Wildman–Crippen MR) is 106 cm³/mol. The molecule has 1 aliphatic rings. The number of carbonyl (C=O) groups is 2. The molecule has 3 rings (SSSR count). The molecule has 2 aromatic heterocycles. The number of fused-ring (bicyclic) bond motifs is 1. The highest BCUT2D eigenvalue weighted by atomic mass is 32.2. The number of hydrogen-bond donors (Lipinski definition) is 2. The molecule has 2 aromatic rings. The third-order valence-electron chi connectivity index (χ3n) is 4.85. The first kappa shape index (κ1) is 20.7. The first-order valence-electron chi connectivity index (χ1n) is 9.16. The number of pyridine rings is 2. The van der Waals surface area contributed by atoms with Crippen molar-refractivity contribution in [3.8, 4) is 6.07 Å². The number of nitriles is 1. The van der Waals surface area contributed by atoms with Gasteiger partial charge in [-0.2, -0.15) is 5.26 Å². The molecule has 0 bridgehead atoms. The number of amides is 2. The Bertz CT molecular complexity index is 1120. The average Bonchev–Trinajstić information content (AvgIpc) is 2.66. The zero-order chi connectivity index (χ0) is 21.2. The van der Waals surface area contributed by atoms with Crippen LogP contribution in [0.25, 0.3) is 10.8 Å². The lowest BCUT2D eigenvalue weighted by Crippen LogP contribution is -2.40. The van der Waals surface area contributed by atoms with Gasteiger partial charge in [0.25, 0.3) is 0 Å². The summed E-state index contributed by atoms with van der Waals surface area (Å²) in [7, 11) is -3.69. The van der Waals surface area contributed by atoms with Gasteiger partial charge in [-0.25, -0.2) is 18.4 Å². The van der Waals surface area contributed by atoms with E-state index >= 15 is 0 Å². The Kier molecular flexibility index (Phi) is 5.79. The van der Waals surface area contributed by atoms with E-state index in [0.29, 0.717) is 18.2 Å². The van der Waals surface area contributed by atoms with Crippen LogP contribution < -0.4 is 10.6 Å². The van der Waals surface area contributed by atoms with E-state index in [0.717, 1.165) is 19.1 Å². The maximum atomic E-state index is 12.7. The van der Waals surface area contributed by atoms with E-state index in [1.54, 1.807) is 0 Å². The molecule has 2 amide bonds. The molecule has 152 valence electrons. The first-order chi connectivity index (χ1) is 13.7. The molecule has 2 N–H and O–H groups in total. The lowest BCUT2D eigenvalue weighted by atomic mass is 9.85. The molecule has 0 aliphatic heterocycles. The highest BCUT2D eigenvalue weighted by Crippen LogP contribution is 2.27. The standard InChI is InChI=1S/C19H21N5O4S/c1-11(25)22-14-5-3-4-12(6-14)18(26)24-17-8-16-13(10-21-17)7-15(9-20)23-19(16)29(2,27)28/h7-8,10,12,14H,3-6H2,1-2H3,(H,22,25)(H,21,24,26)/t12-,14+/m0/s1. The van der Waals surface area contributed by atoms with Gasteiger partial charge >= 0.3 is 0 Å². The van der Waals surface area contributed by atoms with Crippen LogP contribution in [-0.4, -0.2) is 42.5 Å². The van der Waals surface area contributed by atoms with Crippen LogP contribution >= 0.6 is 0 Å². The van der Waals surface area contributed by atoms with Crippen molar-refractivity contribution in [2.24, 2.45) is 5.92 Å². The molecule has 2 heterocycles. The molecule has 2 atom stereocenters. The summed E-state index contributed by atoms with van der Waals surface area (Å²) < 4.78 is 24.2. The van der Waals surface area contributed by atoms with Gasteiger partial charge in [-0.1, -0.05) is 6.42 Å². The second kappa shape index (κ2) is 8.13. The molecule has 29 heavy (non-hydrogen) atoms. The minimum Gasteiger partial charge on any atom is -0.354 e. The Morgan fingerprint density at radius 1 is 1.28 bits per heavy atom. The lowest BCUT2D eigenvalue weighted by molar-refractivity contribution is -0.123. The van der Waals surface area contributed by atoms with E-state index in [2.05, 4.69) is 20.6 Å². The quantitative estimate of drug-likeness (QED) is 0.771. The van der Waals surface area contributed by atoms with Crippen molar-refractivity contribution in [3.63, 3.8) is 0 Å². The van der Waals surface area contributed by atoms with E-state index in [4.69, 9.17) is 5.26 Å². The van der Waals surface area contributed by atoms with E-state index in [9.17, 15) is 18.0 Å². The highest BCUT2D eigenvalue weighted by Gasteiger charge is 2.28. The summed E-state index contributed by atoms with van der Waals surface area (Å²) in [5.74, 6) is -0.411. The molecule has 0 radical (unpaired) electrons. The molecular weight excluding hydrogens is 394 g/mol. The zero-order valence-electron chi connectivity index (χ0n) is 16.1. The predicted octanol–water partition coefficient (Wildman–Crippen LogP) is 1.54. The second-order valence-corrected chi connectivity index (χ2v) is 9.17. The Hall–Kier alpha value is -3.06. The van der Waals surface area contributed by atoms with Gasteiger partial charge < -0.3 is 10.6 Å². The van der Waals surface area contributed by atoms with Crippen LogP contribution in [0.2, 0.25) is 0 Å². The van der Waals surface area contributed by atoms with Gasteiger partial charge in [0.2, 0.25) is 11.8 Å². The minimum absolute atomic E-state index is 0.0253. The molecule has 9 nitrogen and oxygen atoms in total. The Balaban J connectivity index is 1.86. The van der Waals surface area contributed by atoms with E-state index in [1.807, 2.05) is 6.07 Å². The Morgan fingerprint density at radius 2 is 2.03 bits per heavy atom. The van der Waals surface area contributed by atoms with Crippen molar-refractivity contribution in [1.82, 2.24) is 15.3 Å². The molecule has 0 unspecified atom stereocenters. The fourth-order valence-corrected chi connectivity index (χ4v) is 4.44. The maximum Gasteiger partial charge on any atom is 0.228 e. The van der Waals surface area contributed by atoms with Crippen molar-refractivity contribution in [1.29, 1.82) is 5.26 Å². The van der Waals surface area contributed by atoms with Gasteiger partial charge in [0.15, 0.2) is 14.9 Å². The van der Waals surface area contributed by atoms with Crippen LogP contribution in [0.1, 0.15) is 38.3 Å². The molecule has 1 fully saturated rings.